The van der Waals surface area contributed by atoms with E-state index in [1.165, 1.54) is 12.8 Å². The maximum atomic E-state index is 11.8. The Morgan fingerprint density at radius 2 is 2.21 bits per heavy atom. The first-order chi connectivity index (χ1) is 9.34. The molecule has 0 aliphatic heterocycles. The van der Waals surface area contributed by atoms with Crippen LogP contribution in [0.2, 0.25) is 0 Å². The van der Waals surface area contributed by atoms with Crippen molar-refractivity contribution in [3.63, 3.8) is 0 Å². The van der Waals surface area contributed by atoms with E-state index < -0.39 is 0 Å². The molecule has 0 atom stereocenters. The van der Waals surface area contributed by atoms with Gasteiger partial charge in [0.2, 0.25) is 0 Å². The molecule has 0 bridgehead atoms. The van der Waals surface area contributed by atoms with Gasteiger partial charge in [-0.2, -0.15) is 0 Å². The van der Waals surface area contributed by atoms with Gasteiger partial charge in [-0.15, -0.1) is 0 Å². The zero-order valence-corrected chi connectivity index (χ0v) is 10.6. The van der Waals surface area contributed by atoms with Crippen LogP contribution in [-0.4, -0.2) is 27.0 Å². The van der Waals surface area contributed by atoms with Crippen molar-refractivity contribution >= 4 is 5.91 Å². The van der Waals surface area contributed by atoms with Gasteiger partial charge in [0.05, 0.1) is 0 Å². The molecule has 1 saturated carbocycles. The molecule has 2 heterocycles. The number of nitrogens with one attached hydrogen (secondary N) is 1. The maximum absolute atomic E-state index is 11.8. The minimum absolute atomic E-state index is 0.131. The summed E-state index contributed by atoms with van der Waals surface area (Å²) in [5.74, 6) is 1.64. The van der Waals surface area contributed by atoms with Crippen molar-refractivity contribution in [2.24, 2.45) is 0 Å². The molecule has 1 aliphatic rings. The second kappa shape index (κ2) is 5.22. The highest BCUT2D eigenvalue weighted by atomic mass is 16.1. The van der Waals surface area contributed by atoms with E-state index in [-0.39, 0.29) is 5.91 Å². The van der Waals surface area contributed by atoms with Crippen molar-refractivity contribution in [2.45, 2.75) is 25.3 Å². The minimum atomic E-state index is -0.131. The zero-order chi connectivity index (χ0) is 13.1. The van der Waals surface area contributed by atoms with Crippen LogP contribution in [0.15, 0.2) is 36.8 Å². The molecule has 0 saturated heterocycles. The Labute approximate surface area is 111 Å². The van der Waals surface area contributed by atoms with Crippen LogP contribution in [-0.2, 0) is 6.54 Å². The van der Waals surface area contributed by atoms with Gasteiger partial charge in [0.1, 0.15) is 11.5 Å². The highest BCUT2D eigenvalue weighted by Crippen LogP contribution is 2.38. The largest absolute Gasteiger partial charge is 0.349 e. The Bertz CT molecular complexity index is 560. The van der Waals surface area contributed by atoms with Gasteiger partial charge >= 0.3 is 0 Å². The molecule has 1 N–H and O–H groups in total. The summed E-state index contributed by atoms with van der Waals surface area (Å²) in [7, 11) is 0. The average Bonchev–Trinajstić information content (AvgIpc) is 3.19. The fourth-order valence-electron chi connectivity index (χ4n) is 2.09. The smallest absolute Gasteiger partial charge is 0.269 e. The fraction of sp³-hybridized carbons (Fsp3) is 0.357. The third-order valence-corrected chi connectivity index (χ3v) is 3.23. The van der Waals surface area contributed by atoms with Crippen LogP contribution >= 0.6 is 0 Å². The third kappa shape index (κ3) is 2.81. The topological polar surface area (TPSA) is 59.8 Å². The number of hydrogen-bond acceptors (Lipinski definition) is 3. The summed E-state index contributed by atoms with van der Waals surface area (Å²) in [5, 5.41) is 2.87. The lowest BCUT2D eigenvalue weighted by Crippen LogP contribution is -2.28. The Morgan fingerprint density at radius 3 is 2.95 bits per heavy atom. The molecule has 5 nitrogen and oxygen atoms in total. The monoisotopic (exact) mass is 256 g/mol. The van der Waals surface area contributed by atoms with Crippen molar-refractivity contribution in [2.75, 3.05) is 6.54 Å². The Balaban J connectivity index is 1.53. The first-order valence-corrected chi connectivity index (χ1v) is 6.55. The van der Waals surface area contributed by atoms with E-state index >= 15 is 0 Å². The number of carbonyl (C=O) groups excluding carboxylic acids is 1. The van der Waals surface area contributed by atoms with Gasteiger partial charge in [-0.25, -0.2) is 4.98 Å². The normalized spacial score (nSPS) is 14.3. The van der Waals surface area contributed by atoms with Gasteiger partial charge in [-0.05, 0) is 25.0 Å². The number of carbonyl (C=O) groups is 1. The lowest BCUT2D eigenvalue weighted by Gasteiger charge is -2.08. The summed E-state index contributed by atoms with van der Waals surface area (Å²) in [6.45, 7) is 1.34. The molecule has 0 unspecified atom stereocenters. The predicted molar refractivity (Wildman–Crippen MR) is 70.8 cm³/mol. The summed E-state index contributed by atoms with van der Waals surface area (Å²) in [6.07, 6.45) is 7.89. The molecule has 5 heteroatoms. The van der Waals surface area contributed by atoms with Gasteiger partial charge in [0, 0.05) is 37.6 Å². The molecule has 1 amide bonds. The second-order valence-electron chi connectivity index (χ2n) is 4.72. The zero-order valence-electron chi connectivity index (χ0n) is 10.6. The van der Waals surface area contributed by atoms with E-state index in [0.717, 1.165) is 12.4 Å². The molecule has 3 rings (SSSR count). The highest BCUT2D eigenvalue weighted by molar-refractivity contribution is 5.92. The summed E-state index contributed by atoms with van der Waals surface area (Å²) < 4.78 is 2.12. The summed E-state index contributed by atoms with van der Waals surface area (Å²) in [4.78, 5) is 20.2. The predicted octanol–water partition coefficient (Wildman–Crippen LogP) is 1.59. The molecule has 2 aromatic heterocycles. The number of imidazole rings is 1. The molecular formula is C14H16N4O. The first kappa shape index (κ1) is 11.9. The fourth-order valence-corrected chi connectivity index (χ4v) is 2.09. The van der Waals surface area contributed by atoms with Crippen molar-refractivity contribution in [1.82, 2.24) is 19.9 Å². The maximum Gasteiger partial charge on any atom is 0.269 e. The number of amides is 1. The van der Waals surface area contributed by atoms with Gasteiger partial charge in [-0.3, -0.25) is 9.78 Å². The molecular weight excluding hydrogens is 240 g/mol. The van der Waals surface area contributed by atoms with E-state index in [4.69, 9.17) is 0 Å². The van der Waals surface area contributed by atoms with E-state index in [9.17, 15) is 4.79 Å². The van der Waals surface area contributed by atoms with Crippen LogP contribution in [0.1, 0.15) is 35.1 Å². The Kier molecular flexibility index (Phi) is 3.27. The van der Waals surface area contributed by atoms with Crippen LogP contribution in [0.3, 0.4) is 0 Å². The molecule has 0 aromatic carbocycles. The Hall–Kier alpha value is -2.17. The first-order valence-electron chi connectivity index (χ1n) is 6.55. The molecule has 1 aliphatic carbocycles. The van der Waals surface area contributed by atoms with Crippen molar-refractivity contribution in [3.05, 3.63) is 48.3 Å². The van der Waals surface area contributed by atoms with Gasteiger partial charge in [-0.1, -0.05) is 6.07 Å². The van der Waals surface area contributed by atoms with Crippen LogP contribution < -0.4 is 5.32 Å². The molecule has 19 heavy (non-hydrogen) atoms. The molecule has 1 fully saturated rings. The van der Waals surface area contributed by atoms with E-state index in [1.807, 2.05) is 18.5 Å². The van der Waals surface area contributed by atoms with Crippen LogP contribution in [0.25, 0.3) is 0 Å². The summed E-state index contributed by atoms with van der Waals surface area (Å²) in [6, 6.07) is 5.31. The van der Waals surface area contributed by atoms with Gasteiger partial charge in [0.15, 0.2) is 0 Å². The lowest BCUT2D eigenvalue weighted by atomic mass is 10.3. The molecule has 0 spiro atoms. The summed E-state index contributed by atoms with van der Waals surface area (Å²) >= 11 is 0. The second-order valence-corrected chi connectivity index (χ2v) is 4.72. The number of nitrogens with zero attached hydrogens (tertiary/aromatic N) is 3. The van der Waals surface area contributed by atoms with Crippen molar-refractivity contribution < 1.29 is 4.79 Å². The van der Waals surface area contributed by atoms with E-state index in [1.54, 1.807) is 18.3 Å². The standard InChI is InChI=1S/C14H16N4O/c19-14(12-3-1-2-6-15-12)17-8-10-18-9-7-16-13(18)11-4-5-11/h1-3,6-7,9,11H,4-5,8,10H2,(H,17,19). The van der Waals surface area contributed by atoms with Crippen LogP contribution in [0, 0.1) is 0 Å². The molecule has 2 aromatic rings. The Morgan fingerprint density at radius 1 is 1.32 bits per heavy atom. The number of rotatable bonds is 5. The van der Waals surface area contributed by atoms with E-state index in [2.05, 4.69) is 19.9 Å². The van der Waals surface area contributed by atoms with Crippen molar-refractivity contribution in [1.29, 1.82) is 0 Å². The average molecular weight is 256 g/mol. The molecule has 0 radical (unpaired) electrons. The third-order valence-electron chi connectivity index (χ3n) is 3.23. The minimum Gasteiger partial charge on any atom is -0.349 e. The van der Waals surface area contributed by atoms with Gasteiger partial charge < -0.3 is 9.88 Å². The van der Waals surface area contributed by atoms with Crippen LogP contribution in [0.5, 0.6) is 0 Å². The summed E-state index contributed by atoms with van der Waals surface area (Å²) in [5.41, 5.74) is 0.454. The number of aromatic nitrogens is 3. The van der Waals surface area contributed by atoms with E-state index in [0.29, 0.717) is 18.2 Å². The lowest BCUT2D eigenvalue weighted by molar-refractivity contribution is 0.0947. The van der Waals surface area contributed by atoms with Crippen molar-refractivity contribution in [3.8, 4) is 0 Å². The van der Waals surface area contributed by atoms with Gasteiger partial charge in [0.25, 0.3) is 5.91 Å². The number of hydrogen-bond donors (Lipinski definition) is 1. The van der Waals surface area contributed by atoms with Crippen LogP contribution in [0.4, 0.5) is 0 Å². The quantitative estimate of drug-likeness (QED) is 0.883. The SMILES string of the molecule is O=C(NCCn1ccnc1C1CC1)c1ccccn1. The highest BCUT2D eigenvalue weighted by Gasteiger charge is 2.27. The number of pyridine rings is 1. The molecule has 98 valence electrons.